The number of nitrogens with zero attached hydrogens (tertiary/aromatic N) is 3. The van der Waals surface area contributed by atoms with E-state index in [9.17, 15) is 22.7 Å². The highest BCUT2D eigenvalue weighted by Crippen LogP contribution is 2.47. The normalized spacial score (nSPS) is 14.2. The first-order valence-corrected chi connectivity index (χ1v) is 9.24. The van der Waals surface area contributed by atoms with E-state index < -0.39 is 17.6 Å². The summed E-state index contributed by atoms with van der Waals surface area (Å²) in [6.07, 6.45) is 0.314. The van der Waals surface area contributed by atoms with Crippen molar-refractivity contribution in [2.24, 2.45) is 0 Å². The second kappa shape index (κ2) is 6.64. The Labute approximate surface area is 172 Å². The van der Waals surface area contributed by atoms with Crippen molar-refractivity contribution in [2.75, 3.05) is 0 Å². The first-order valence-electron chi connectivity index (χ1n) is 9.24. The Bertz CT molecular complexity index is 1400. The monoisotopic (exact) mass is 426 g/mol. The molecule has 0 fully saturated rings. The molecule has 0 aliphatic heterocycles. The zero-order chi connectivity index (χ0) is 21.8. The van der Waals surface area contributed by atoms with E-state index in [1.54, 1.807) is 0 Å². The molecule has 2 N–H and O–H groups in total. The second-order valence-electron chi connectivity index (χ2n) is 7.14. The Morgan fingerprint density at radius 3 is 2.48 bits per heavy atom. The molecule has 156 valence electrons. The summed E-state index contributed by atoms with van der Waals surface area (Å²) >= 11 is 0. The molecule has 1 atom stereocenters. The second-order valence-corrected chi connectivity index (χ2v) is 7.14. The van der Waals surface area contributed by atoms with Crippen LogP contribution in [0.25, 0.3) is 27.5 Å². The number of aromatic nitrogens is 4. The van der Waals surface area contributed by atoms with Crippen molar-refractivity contribution >= 4 is 21.8 Å². The molecule has 0 amide bonds. The fourth-order valence-electron chi connectivity index (χ4n) is 3.79. The summed E-state index contributed by atoms with van der Waals surface area (Å²) in [5, 5.41) is 15.9. The first-order chi connectivity index (χ1) is 14.8. The van der Waals surface area contributed by atoms with Crippen LogP contribution in [0.5, 0.6) is 0 Å². The van der Waals surface area contributed by atoms with E-state index in [0.717, 1.165) is 6.20 Å². The number of nitrogens with one attached hydrogen (secondary N) is 1. The minimum Gasteiger partial charge on any atom is -0.372 e. The van der Waals surface area contributed by atoms with Crippen molar-refractivity contribution in [1.29, 1.82) is 0 Å². The Morgan fingerprint density at radius 1 is 0.968 bits per heavy atom. The lowest BCUT2D eigenvalue weighted by molar-refractivity contribution is -0.247. The number of benzene rings is 2. The SMILES string of the molecule is OC(c1ccc2c(cnn2-c2ccc(F)cc2)c1)(c1c[nH]c2cnccc12)C(F)(F)F. The third-order valence-electron chi connectivity index (χ3n) is 5.34. The van der Waals surface area contributed by atoms with Crippen molar-refractivity contribution in [2.45, 2.75) is 11.8 Å². The average molecular weight is 426 g/mol. The van der Waals surface area contributed by atoms with E-state index >= 15 is 0 Å². The van der Waals surface area contributed by atoms with Crippen LogP contribution in [0, 0.1) is 5.82 Å². The highest BCUT2D eigenvalue weighted by molar-refractivity contribution is 5.85. The number of aromatic amines is 1. The summed E-state index contributed by atoms with van der Waals surface area (Å²) < 4.78 is 57.5. The van der Waals surface area contributed by atoms with Crippen molar-refractivity contribution in [3.63, 3.8) is 0 Å². The van der Waals surface area contributed by atoms with E-state index in [-0.39, 0.29) is 16.5 Å². The van der Waals surface area contributed by atoms with Crippen molar-refractivity contribution in [3.8, 4) is 5.69 Å². The molecule has 0 saturated carbocycles. The van der Waals surface area contributed by atoms with Gasteiger partial charge in [-0.15, -0.1) is 0 Å². The molecule has 1 unspecified atom stereocenters. The van der Waals surface area contributed by atoms with Gasteiger partial charge in [-0.05, 0) is 48.0 Å². The van der Waals surface area contributed by atoms with Crippen molar-refractivity contribution in [1.82, 2.24) is 19.7 Å². The summed E-state index contributed by atoms with van der Waals surface area (Å²) in [5.41, 5.74) is -2.46. The van der Waals surface area contributed by atoms with Gasteiger partial charge in [-0.3, -0.25) is 4.98 Å². The molecular formula is C22H14F4N4O. The molecule has 0 spiro atoms. The molecule has 3 heterocycles. The fourth-order valence-corrected chi connectivity index (χ4v) is 3.79. The molecule has 5 rings (SSSR count). The van der Waals surface area contributed by atoms with Crippen LogP contribution in [0.1, 0.15) is 11.1 Å². The summed E-state index contributed by atoms with van der Waals surface area (Å²) in [6.45, 7) is 0. The van der Waals surface area contributed by atoms with Crippen LogP contribution in [0.4, 0.5) is 17.6 Å². The molecule has 31 heavy (non-hydrogen) atoms. The zero-order valence-corrected chi connectivity index (χ0v) is 15.7. The molecule has 0 aliphatic carbocycles. The van der Waals surface area contributed by atoms with Gasteiger partial charge in [0.2, 0.25) is 5.60 Å². The number of alkyl halides is 3. The lowest BCUT2D eigenvalue weighted by Crippen LogP contribution is -2.43. The Balaban J connectivity index is 1.69. The predicted octanol–water partition coefficient (Wildman–Crippen LogP) is 4.84. The summed E-state index contributed by atoms with van der Waals surface area (Å²) in [7, 11) is 0. The highest BCUT2D eigenvalue weighted by atomic mass is 19.4. The minimum absolute atomic E-state index is 0.219. The summed E-state index contributed by atoms with van der Waals surface area (Å²) in [5.74, 6) is -0.410. The van der Waals surface area contributed by atoms with Gasteiger partial charge < -0.3 is 10.1 Å². The van der Waals surface area contributed by atoms with Gasteiger partial charge in [0.25, 0.3) is 0 Å². The molecule has 0 saturated heterocycles. The van der Waals surface area contributed by atoms with Crippen molar-refractivity contribution < 1.29 is 22.7 Å². The van der Waals surface area contributed by atoms with Crippen LogP contribution < -0.4 is 0 Å². The Kier molecular flexibility index (Phi) is 4.13. The van der Waals surface area contributed by atoms with E-state index in [0.29, 0.717) is 22.1 Å². The third-order valence-corrected chi connectivity index (χ3v) is 5.34. The number of H-pyrrole nitrogens is 1. The first kappa shape index (κ1) is 19.3. The highest BCUT2D eigenvalue weighted by Gasteiger charge is 2.57. The van der Waals surface area contributed by atoms with Crippen LogP contribution in [0.2, 0.25) is 0 Å². The number of hydrogen-bond acceptors (Lipinski definition) is 3. The summed E-state index contributed by atoms with van der Waals surface area (Å²) in [6, 6.07) is 10.9. The number of aliphatic hydroxyl groups is 1. The van der Waals surface area contributed by atoms with Crippen molar-refractivity contribution in [3.05, 3.63) is 90.3 Å². The number of halogens is 4. The van der Waals surface area contributed by atoms with Gasteiger partial charge in [0, 0.05) is 28.7 Å². The van der Waals surface area contributed by atoms with Gasteiger partial charge in [-0.1, -0.05) is 6.07 Å². The van der Waals surface area contributed by atoms with Gasteiger partial charge in [-0.2, -0.15) is 18.3 Å². The van der Waals surface area contributed by atoms with E-state index in [1.165, 1.54) is 71.8 Å². The number of rotatable bonds is 3. The topological polar surface area (TPSA) is 66.7 Å². The predicted molar refractivity (Wildman–Crippen MR) is 106 cm³/mol. The summed E-state index contributed by atoms with van der Waals surface area (Å²) in [4.78, 5) is 6.63. The van der Waals surface area contributed by atoms with E-state index in [1.807, 2.05) is 0 Å². The van der Waals surface area contributed by atoms with Crippen LogP contribution in [-0.2, 0) is 5.60 Å². The Morgan fingerprint density at radius 2 is 1.74 bits per heavy atom. The van der Waals surface area contributed by atoms with Crippen LogP contribution in [-0.4, -0.2) is 31.0 Å². The maximum absolute atomic E-state index is 14.3. The quantitative estimate of drug-likeness (QED) is 0.406. The van der Waals surface area contributed by atoms with Crippen LogP contribution >= 0.6 is 0 Å². The lowest BCUT2D eigenvalue weighted by atomic mass is 9.85. The minimum atomic E-state index is -4.99. The smallest absolute Gasteiger partial charge is 0.372 e. The molecule has 0 bridgehead atoms. The van der Waals surface area contributed by atoms with Gasteiger partial charge in [0.1, 0.15) is 5.82 Å². The fraction of sp³-hybridized carbons (Fsp3) is 0.0909. The molecule has 3 aromatic heterocycles. The lowest BCUT2D eigenvalue weighted by Gasteiger charge is -2.31. The number of hydrogen-bond donors (Lipinski definition) is 2. The van der Waals surface area contributed by atoms with Crippen LogP contribution in [0.15, 0.2) is 73.3 Å². The van der Waals surface area contributed by atoms with E-state index in [2.05, 4.69) is 15.1 Å². The number of pyridine rings is 1. The standard InChI is InChI=1S/C22H14F4N4O/c23-15-2-4-16(5-3-15)30-20-6-1-14(9-13(20)10-29-30)21(31,22(24,25)26)18-11-28-19-12-27-8-7-17(18)19/h1-12,28,31H. The maximum Gasteiger partial charge on any atom is 0.425 e. The van der Waals surface area contributed by atoms with Gasteiger partial charge in [0.05, 0.1) is 29.1 Å². The largest absolute Gasteiger partial charge is 0.425 e. The molecule has 5 aromatic rings. The molecule has 2 aromatic carbocycles. The van der Waals surface area contributed by atoms with Gasteiger partial charge in [-0.25, -0.2) is 9.07 Å². The van der Waals surface area contributed by atoms with E-state index in [4.69, 9.17) is 0 Å². The molecule has 0 radical (unpaired) electrons. The van der Waals surface area contributed by atoms with Gasteiger partial charge >= 0.3 is 6.18 Å². The van der Waals surface area contributed by atoms with Gasteiger partial charge in [0.15, 0.2) is 0 Å². The zero-order valence-electron chi connectivity index (χ0n) is 15.7. The third kappa shape index (κ3) is 2.89. The average Bonchev–Trinajstić information content (AvgIpc) is 3.37. The molecular weight excluding hydrogens is 412 g/mol. The molecule has 0 aliphatic rings. The maximum atomic E-state index is 14.3. The number of fused-ring (bicyclic) bond motifs is 2. The molecule has 9 heteroatoms. The Hall–Kier alpha value is -3.72. The van der Waals surface area contributed by atoms with Crippen LogP contribution in [0.3, 0.4) is 0 Å². The molecule has 5 nitrogen and oxygen atoms in total.